The standard InChI is InChI=1S/C49H30N4O2/c1-2-13-29(14-3-1)47-50-48(36-20-12-24-44-45(36)35-19-8-11-23-43(35)54-44)52-49(51-47)39-28-32(27-38-34-18-7-10-22-42(34)55-46(38)39)53-40-21-9-6-17-33(40)37-25-30-15-4-5-16-31(30)26-41(37)53/h1-28,47H,(H,50,51,52). The summed E-state index contributed by atoms with van der Waals surface area (Å²) in [4.78, 5) is 10.7. The van der Waals surface area contributed by atoms with Crippen LogP contribution in [0.15, 0.2) is 189 Å². The fourth-order valence-corrected chi connectivity index (χ4v) is 8.52. The van der Waals surface area contributed by atoms with Gasteiger partial charge in [-0.25, -0.2) is 9.98 Å². The minimum atomic E-state index is -0.403. The Hall–Kier alpha value is -7.44. The Morgan fingerprint density at radius 2 is 1.18 bits per heavy atom. The summed E-state index contributed by atoms with van der Waals surface area (Å²) < 4.78 is 15.5. The van der Waals surface area contributed by atoms with Gasteiger partial charge in [-0.1, -0.05) is 121 Å². The third kappa shape index (κ3) is 4.55. The highest BCUT2D eigenvalue weighted by Crippen LogP contribution is 2.40. The molecule has 6 nitrogen and oxygen atoms in total. The van der Waals surface area contributed by atoms with Gasteiger partial charge in [0.25, 0.3) is 0 Å². The van der Waals surface area contributed by atoms with Crippen LogP contribution >= 0.6 is 0 Å². The van der Waals surface area contributed by atoms with Crippen LogP contribution in [0, 0.1) is 0 Å². The number of hydrogen-bond acceptors (Lipinski definition) is 5. The fraction of sp³-hybridized carbons (Fsp3) is 0.0204. The molecule has 0 bridgehead atoms. The largest absolute Gasteiger partial charge is 0.456 e. The Morgan fingerprint density at radius 1 is 0.491 bits per heavy atom. The molecule has 1 N–H and O–H groups in total. The van der Waals surface area contributed by atoms with E-state index in [-0.39, 0.29) is 0 Å². The predicted molar refractivity (Wildman–Crippen MR) is 225 cm³/mol. The normalized spacial score (nSPS) is 14.7. The number of aliphatic imine (C=N–C) groups is 2. The first-order valence-corrected chi connectivity index (χ1v) is 18.5. The Balaban J connectivity index is 1.16. The lowest BCUT2D eigenvalue weighted by Gasteiger charge is -2.24. The van der Waals surface area contributed by atoms with Gasteiger partial charge < -0.3 is 18.7 Å². The molecule has 258 valence electrons. The monoisotopic (exact) mass is 706 g/mol. The number of hydrogen-bond donors (Lipinski definition) is 1. The molecule has 1 aliphatic heterocycles. The van der Waals surface area contributed by atoms with Crippen molar-refractivity contribution >= 4 is 88.1 Å². The number of nitrogens with zero attached hydrogens (tertiary/aromatic N) is 3. The molecule has 0 saturated heterocycles. The summed E-state index contributed by atoms with van der Waals surface area (Å²) in [5.41, 5.74) is 9.30. The molecule has 0 amide bonds. The highest BCUT2D eigenvalue weighted by Gasteiger charge is 2.27. The maximum atomic E-state index is 6.75. The Kier molecular flexibility index (Phi) is 6.30. The molecular formula is C49H30N4O2. The summed E-state index contributed by atoms with van der Waals surface area (Å²) >= 11 is 0. The van der Waals surface area contributed by atoms with Crippen molar-refractivity contribution in [2.75, 3.05) is 0 Å². The van der Waals surface area contributed by atoms with Crippen molar-refractivity contribution in [1.29, 1.82) is 0 Å². The van der Waals surface area contributed by atoms with E-state index in [0.29, 0.717) is 11.7 Å². The van der Waals surface area contributed by atoms with Crippen LogP contribution in [0.4, 0.5) is 0 Å². The number of para-hydroxylation sites is 3. The lowest BCUT2D eigenvalue weighted by Crippen LogP contribution is -2.33. The summed E-state index contributed by atoms with van der Waals surface area (Å²) in [5, 5.41) is 12.7. The van der Waals surface area contributed by atoms with Crippen molar-refractivity contribution < 1.29 is 8.83 Å². The molecule has 0 aliphatic carbocycles. The van der Waals surface area contributed by atoms with Gasteiger partial charge in [-0.2, -0.15) is 0 Å². The molecular weight excluding hydrogens is 677 g/mol. The van der Waals surface area contributed by atoms with Crippen molar-refractivity contribution in [1.82, 2.24) is 9.88 Å². The van der Waals surface area contributed by atoms with Crippen molar-refractivity contribution in [3.8, 4) is 5.69 Å². The molecule has 0 spiro atoms. The fourth-order valence-electron chi connectivity index (χ4n) is 8.52. The van der Waals surface area contributed by atoms with Gasteiger partial charge in [0.15, 0.2) is 5.84 Å². The molecule has 0 radical (unpaired) electrons. The van der Waals surface area contributed by atoms with Crippen molar-refractivity contribution in [3.63, 3.8) is 0 Å². The second-order valence-corrected chi connectivity index (χ2v) is 14.2. The van der Waals surface area contributed by atoms with Gasteiger partial charge in [0.05, 0.1) is 16.6 Å². The van der Waals surface area contributed by atoms with Gasteiger partial charge in [-0.3, -0.25) is 0 Å². The molecule has 1 aliphatic rings. The number of fused-ring (bicyclic) bond motifs is 10. The number of benzene rings is 8. The van der Waals surface area contributed by atoms with Crippen molar-refractivity contribution in [3.05, 3.63) is 187 Å². The molecule has 4 heterocycles. The average Bonchev–Trinajstić information content (AvgIpc) is 3.92. The first-order chi connectivity index (χ1) is 27.2. The van der Waals surface area contributed by atoms with E-state index in [0.717, 1.165) is 77.3 Å². The molecule has 6 heteroatoms. The highest BCUT2D eigenvalue weighted by atomic mass is 16.3. The lowest BCUT2D eigenvalue weighted by molar-refractivity contribution is 0.659. The third-order valence-electron chi connectivity index (χ3n) is 11.0. The van der Waals surface area contributed by atoms with E-state index in [1.165, 1.54) is 21.5 Å². The number of aromatic nitrogens is 1. The third-order valence-corrected chi connectivity index (χ3v) is 11.0. The summed E-state index contributed by atoms with van der Waals surface area (Å²) in [6.07, 6.45) is -0.403. The van der Waals surface area contributed by atoms with Crippen LogP contribution in [0.1, 0.15) is 22.9 Å². The van der Waals surface area contributed by atoms with Crippen LogP contribution in [0.3, 0.4) is 0 Å². The first-order valence-electron chi connectivity index (χ1n) is 18.5. The summed E-state index contributed by atoms with van der Waals surface area (Å²) in [6.45, 7) is 0. The molecule has 12 rings (SSSR count). The van der Waals surface area contributed by atoms with E-state index >= 15 is 0 Å². The zero-order chi connectivity index (χ0) is 36.0. The average molecular weight is 707 g/mol. The molecule has 11 aromatic rings. The van der Waals surface area contributed by atoms with Gasteiger partial charge in [0.1, 0.15) is 34.3 Å². The highest BCUT2D eigenvalue weighted by molar-refractivity contribution is 6.24. The molecule has 8 aromatic carbocycles. The van der Waals surface area contributed by atoms with Gasteiger partial charge >= 0.3 is 0 Å². The van der Waals surface area contributed by atoms with E-state index in [2.05, 4.69) is 119 Å². The van der Waals surface area contributed by atoms with E-state index in [1.807, 2.05) is 60.7 Å². The minimum absolute atomic E-state index is 0.403. The van der Waals surface area contributed by atoms with Crippen LogP contribution in [-0.4, -0.2) is 16.2 Å². The molecule has 55 heavy (non-hydrogen) atoms. The minimum Gasteiger partial charge on any atom is -0.456 e. The van der Waals surface area contributed by atoms with E-state index in [1.54, 1.807) is 0 Å². The summed E-state index contributed by atoms with van der Waals surface area (Å²) in [6, 6.07) is 59.2. The van der Waals surface area contributed by atoms with Crippen LogP contribution < -0.4 is 5.32 Å². The summed E-state index contributed by atoms with van der Waals surface area (Å²) in [5.74, 6) is 1.30. The van der Waals surface area contributed by atoms with Crippen LogP contribution in [0.2, 0.25) is 0 Å². The lowest BCUT2D eigenvalue weighted by atomic mass is 10.0. The van der Waals surface area contributed by atoms with Crippen LogP contribution in [0.5, 0.6) is 0 Å². The topological polar surface area (TPSA) is 68.0 Å². The second-order valence-electron chi connectivity index (χ2n) is 14.2. The zero-order valence-corrected chi connectivity index (χ0v) is 29.4. The number of nitrogens with one attached hydrogen (secondary N) is 1. The molecule has 0 fully saturated rings. The maximum absolute atomic E-state index is 6.75. The van der Waals surface area contributed by atoms with Gasteiger partial charge in [-0.15, -0.1) is 0 Å². The Bertz CT molecular complexity index is 3420. The molecule has 0 saturated carbocycles. The maximum Gasteiger partial charge on any atom is 0.160 e. The smallest absolute Gasteiger partial charge is 0.160 e. The number of furan rings is 2. The van der Waals surface area contributed by atoms with E-state index in [9.17, 15) is 0 Å². The van der Waals surface area contributed by atoms with Gasteiger partial charge in [-0.05, 0) is 64.9 Å². The molecule has 1 atom stereocenters. The van der Waals surface area contributed by atoms with Crippen molar-refractivity contribution in [2.24, 2.45) is 9.98 Å². The van der Waals surface area contributed by atoms with Gasteiger partial charge in [0, 0.05) is 43.6 Å². The molecule has 3 aromatic heterocycles. The predicted octanol–water partition coefficient (Wildman–Crippen LogP) is 12.2. The van der Waals surface area contributed by atoms with Gasteiger partial charge in [0.2, 0.25) is 0 Å². The Labute approximate surface area is 314 Å². The second kappa shape index (κ2) is 11.5. The van der Waals surface area contributed by atoms with E-state index in [4.69, 9.17) is 18.8 Å². The van der Waals surface area contributed by atoms with Crippen molar-refractivity contribution in [2.45, 2.75) is 6.17 Å². The SMILES string of the molecule is c1ccc(C2N=C(c3cccc4oc5ccccc5c34)N=C(c3cc(-n4c5ccccc5c5cc6ccccc6cc54)cc4c3oc3ccccc34)N2)cc1. The Morgan fingerprint density at radius 3 is 2.04 bits per heavy atom. The number of amidine groups is 2. The molecule has 1 unspecified atom stereocenters. The quantitative estimate of drug-likeness (QED) is 0.198. The van der Waals surface area contributed by atoms with Crippen LogP contribution in [-0.2, 0) is 0 Å². The number of rotatable bonds is 4. The van der Waals surface area contributed by atoms with E-state index < -0.39 is 6.17 Å². The first kappa shape index (κ1) is 30.1. The zero-order valence-electron chi connectivity index (χ0n) is 29.4. The summed E-state index contributed by atoms with van der Waals surface area (Å²) in [7, 11) is 0. The van der Waals surface area contributed by atoms with Crippen LogP contribution in [0.25, 0.3) is 82.1 Å².